The second-order valence-electron chi connectivity index (χ2n) is 5.72. The van der Waals surface area contributed by atoms with Gasteiger partial charge in [-0.1, -0.05) is 18.2 Å². The quantitative estimate of drug-likeness (QED) is 0.843. The van der Waals surface area contributed by atoms with Gasteiger partial charge in [-0.05, 0) is 26.0 Å². The average molecular weight is 326 g/mol. The standard InChI is InChI=1S/C18H22N4O2/c1-3-24-13-16-19-14(2)11-17(20-16)21-9-10-22(18(23)12-21)15-7-5-4-6-8-15/h4-8,11H,3,9-10,12-13H2,1-2H3. The molecule has 1 aliphatic heterocycles. The Labute approximate surface area is 142 Å². The molecule has 0 bridgehead atoms. The van der Waals surface area contributed by atoms with Crippen molar-refractivity contribution in [3.8, 4) is 0 Å². The molecule has 0 atom stereocenters. The van der Waals surface area contributed by atoms with Crippen molar-refractivity contribution in [2.24, 2.45) is 0 Å². The lowest BCUT2D eigenvalue weighted by atomic mass is 10.2. The molecule has 126 valence electrons. The molecule has 0 spiro atoms. The van der Waals surface area contributed by atoms with Crippen LogP contribution in [-0.4, -0.2) is 42.1 Å². The van der Waals surface area contributed by atoms with Crippen LogP contribution < -0.4 is 9.80 Å². The lowest BCUT2D eigenvalue weighted by molar-refractivity contribution is -0.117. The summed E-state index contributed by atoms with van der Waals surface area (Å²) in [6.07, 6.45) is 0. The summed E-state index contributed by atoms with van der Waals surface area (Å²) in [6, 6.07) is 11.7. The number of anilines is 2. The van der Waals surface area contributed by atoms with Crippen molar-refractivity contribution in [2.75, 3.05) is 36.0 Å². The molecule has 24 heavy (non-hydrogen) atoms. The van der Waals surface area contributed by atoms with Gasteiger partial charge in [-0.25, -0.2) is 9.97 Å². The highest BCUT2D eigenvalue weighted by Gasteiger charge is 2.26. The fraction of sp³-hybridized carbons (Fsp3) is 0.389. The Hall–Kier alpha value is -2.47. The van der Waals surface area contributed by atoms with Gasteiger partial charge in [0.05, 0.1) is 6.54 Å². The van der Waals surface area contributed by atoms with Crippen LogP contribution in [0.5, 0.6) is 0 Å². The van der Waals surface area contributed by atoms with Gasteiger partial charge in [0.15, 0.2) is 5.82 Å². The van der Waals surface area contributed by atoms with Gasteiger partial charge in [-0.3, -0.25) is 4.79 Å². The third-order valence-corrected chi connectivity index (χ3v) is 3.93. The second kappa shape index (κ2) is 7.40. The molecule has 6 nitrogen and oxygen atoms in total. The Morgan fingerprint density at radius 3 is 2.67 bits per heavy atom. The predicted octanol–water partition coefficient (Wildman–Crippen LogP) is 2.17. The van der Waals surface area contributed by atoms with Gasteiger partial charge in [0.1, 0.15) is 12.4 Å². The Morgan fingerprint density at radius 1 is 1.17 bits per heavy atom. The van der Waals surface area contributed by atoms with Gasteiger partial charge in [-0.15, -0.1) is 0 Å². The van der Waals surface area contributed by atoms with Crippen molar-refractivity contribution < 1.29 is 9.53 Å². The smallest absolute Gasteiger partial charge is 0.246 e. The van der Waals surface area contributed by atoms with Gasteiger partial charge < -0.3 is 14.5 Å². The minimum Gasteiger partial charge on any atom is -0.374 e. The largest absolute Gasteiger partial charge is 0.374 e. The Kier molecular flexibility index (Phi) is 5.05. The summed E-state index contributed by atoms with van der Waals surface area (Å²) in [6.45, 7) is 6.60. The minimum absolute atomic E-state index is 0.0788. The van der Waals surface area contributed by atoms with E-state index >= 15 is 0 Å². The molecule has 0 aliphatic carbocycles. The maximum Gasteiger partial charge on any atom is 0.246 e. The summed E-state index contributed by atoms with van der Waals surface area (Å²) in [5.41, 5.74) is 1.82. The van der Waals surface area contributed by atoms with Crippen molar-refractivity contribution in [3.05, 3.63) is 47.9 Å². The van der Waals surface area contributed by atoms with Crippen molar-refractivity contribution in [3.63, 3.8) is 0 Å². The van der Waals surface area contributed by atoms with E-state index in [0.29, 0.717) is 32.1 Å². The fourth-order valence-corrected chi connectivity index (χ4v) is 2.78. The number of hydrogen-bond acceptors (Lipinski definition) is 5. The lowest BCUT2D eigenvalue weighted by Gasteiger charge is -2.35. The molecular weight excluding hydrogens is 304 g/mol. The number of aryl methyl sites for hydroxylation is 1. The van der Waals surface area contributed by atoms with Gasteiger partial charge in [0.25, 0.3) is 0 Å². The summed E-state index contributed by atoms with van der Waals surface area (Å²) in [7, 11) is 0. The molecule has 1 amide bonds. The van der Waals surface area contributed by atoms with E-state index in [0.717, 1.165) is 23.7 Å². The van der Waals surface area contributed by atoms with Crippen molar-refractivity contribution in [1.82, 2.24) is 9.97 Å². The van der Waals surface area contributed by atoms with Crippen molar-refractivity contribution in [1.29, 1.82) is 0 Å². The molecular formula is C18H22N4O2. The highest BCUT2D eigenvalue weighted by atomic mass is 16.5. The molecule has 2 aromatic rings. The van der Waals surface area contributed by atoms with Crippen molar-refractivity contribution >= 4 is 17.4 Å². The number of benzene rings is 1. The van der Waals surface area contributed by atoms with Crippen LogP contribution in [0.2, 0.25) is 0 Å². The number of carbonyl (C=O) groups is 1. The van der Waals surface area contributed by atoms with Gasteiger partial charge in [0.2, 0.25) is 5.91 Å². The molecule has 1 aromatic heterocycles. The van der Waals surface area contributed by atoms with Crippen LogP contribution >= 0.6 is 0 Å². The highest BCUT2D eigenvalue weighted by Crippen LogP contribution is 2.20. The minimum atomic E-state index is 0.0788. The van der Waals surface area contributed by atoms with Gasteiger partial charge in [-0.2, -0.15) is 0 Å². The van der Waals surface area contributed by atoms with E-state index < -0.39 is 0 Å². The first-order valence-electron chi connectivity index (χ1n) is 8.20. The van der Waals surface area contributed by atoms with E-state index in [1.165, 1.54) is 0 Å². The molecule has 3 rings (SSSR count). The summed E-state index contributed by atoms with van der Waals surface area (Å²) in [5.74, 6) is 1.53. The summed E-state index contributed by atoms with van der Waals surface area (Å²) >= 11 is 0. The van der Waals surface area contributed by atoms with E-state index in [9.17, 15) is 4.79 Å². The first-order valence-corrected chi connectivity index (χ1v) is 8.20. The highest BCUT2D eigenvalue weighted by molar-refractivity contribution is 5.97. The van der Waals surface area contributed by atoms with Gasteiger partial charge >= 0.3 is 0 Å². The Morgan fingerprint density at radius 2 is 1.96 bits per heavy atom. The molecule has 0 saturated carbocycles. The number of ether oxygens (including phenoxy) is 1. The number of rotatable bonds is 5. The van der Waals surface area contributed by atoms with Crippen LogP contribution in [0, 0.1) is 6.92 Å². The van der Waals surface area contributed by atoms with Crippen LogP contribution in [0.25, 0.3) is 0 Å². The molecule has 1 aromatic carbocycles. The van der Waals surface area contributed by atoms with Crippen LogP contribution in [0.15, 0.2) is 36.4 Å². The van der Waals surface area contributed by atoms with E-state index in [-0.39, 0.29) is 5.91 Å². The van der Waals surface area contributed by atoms with E-state index in [1.54, 1.807) is 0 Å². The van der Waals surface area contributed by atoms with Crippen LogP contribution in [0.1, 0.15) is 18.4 Å². The third kappa shape index (κ3) is 3.71. The predicted molar refractivity (Wildman–Crippen MR) is 93.1 cm³/mol. The zero-order valence-corrected chi connectivity index (χ0v) is 14.1. The number of carbonyl (C=O) groups excluding carboxylic acids is 1. The molecule has 1 fully saturated rings. The topological polar surface area (TPSA) is 58.6 Å². The van der Waals surface area contributed by atoms with Crippen LogP contribution in [0.4, 0.5) is 11.5 Å². The first kappa shape index (κ1) is 16.4. The fourth-order valence-electron chi connectivity index (χ4n) is 2.78. The molecule has 2 heterocycles. The van der Waals surface area contributed by atoms with Crippen molar-refractivity contribution in [2.45, 2.75) is 20.5 Å². The zero-order valence-electron chi connectivity index (χ0n) is 14.1. The summed E-state index contributed by atoms with van der Waals surface area (Å²) in [4.78, 5) is 25.3. The van der Waals surface area contributed by atoms with E-state index in [1.807, 2.05) is 60.0 Å². The summed E-state index contributed by atoms with van der Waals surface area (Å²) < 4.78 is 5.39. The SMILES string of the molecule is CCOCc1nc(C)cc(N2CCN(c3ccccc3)C(=O)C2)n1. The summed E-state index contributed by atoms with van der Waals surface area (Å²) in [5, 5.41) is 0. The number of aromatic nitrogens is 2. The maximum atomic E-state index is 12.5. The molecule has 0 radical (unpaired) electrons. The van der Waals surface area contributed by atoms with Gasteiger partial charge in [0, 0.05) is 37.1 Å². The second-order valence-corrected chi connectivity index (χ2v) is 5.72. The third-order valence-electron chi connectivity index (χ3n) is 3.93. The molecule has 0 N–H and O–H groups in total. The molecule has 6 heteroatoms. The number of para-hydroxylation sites is 1. The average Bonchev–Trinajstić information content (AvgIpc) is 2.60. The zero-order chi connectivity index (χ0) is 16.9. The Bertz CT molecular complexity index is 705. The number of piperazine rings is 1. The molecule has 1 aliphatic rings. The lowest BCUT2D eigenvalue weighted by Crippen LogP contribution is -2.51. The normalized spacial score (nSPS) is 15.0. The monoisotopic (exact) mass is 326 g/mol. The van der Waals surface area contributed by atoms with Crippen LogP contribution in [0.3, 0.4) is 0 Å². The first-order chi connectivity index (χ1) is 11.7. The molecule has 0 unspecified atom stereocenters. The van der Waals surface area contributed by atoms with Crippen LogP contribution in [-0.2, 0) is 16.1 Å². The number of amides is 1. The molecule has 1 saturated heterocycles. The van der Waals surface area contributed by atoms with E-state index in [2.05, 4.69) is 9.97 Å². The number of nitrogens with zero attached hydrogens (tertiary/aromatic N) is 4. The van der Waals surface area contributed by atoms with E-state index in [4.69, 9.17) is 4.74 Å². The maximum absolute atomic E-state index is 12.5. The Balaban J connectivity index is 1.74. The number of hydrogen-bond donors (Lipinski definition) is 0.